The second-order valence-corrected chi connectivity index (χ2v) is 13.2. The van der Waals surface area contributed by atoms with E-state index < -0.39 is 11.7 Å². The first-order chi connectivity index (χ1) is 21.9. The van der Waals surface area contributed by atoms with Crippen molar-refractivity contribution in [3.05, 3.63) is 71.1 Å². The van der Waals surface area contributed by atoms with Crippen molar-refractivity contribution in [1.82, 2.24) is 25.1 Å². The normalized spacial score (nSPS) is 19.2. The molecule has 5 rings (SSSR count). The monoisotopic (exact) mass is 634 g/mol. The van der Waals surface area contributed by atoms with Crippen LogP contribution in [0.1, 0.15) is 73.5 Å². The van der Waals surface area contributed by atoms with E-state index in [1.807, 2.05) is 40.7 Å². The molecule has 4 heterocycles. The summed E-state index contributed by atoms with van der Waals surface area (Å²) < 4.78 is 16.8. The van der Waals surface area contributed by atoms with Crippen LogP contribution >= 0.6 is 0 Å². The van der Waals surface area contributed by atoms with Gasteiger partial charge in [0.15, 0.2) is 12.2 Å². The lowest BCUT2D eigenvalue weighted by molar-refractivity contribution is 0.0112. The molecule has 2 aromatic heterocycles. The van der Waals surface area contributed by atoms with Crippen molar-refractivity contribution in [2.75, 3.05) is 31.5 Å². The highest BCUT2D eigenvalue weighted by Gasteiger charge is 2.32. The van der Waals surface area contributed by atoms with Gasteiger partial charge in [0.2, 0.25) is 0 Å². The predicted molar refractivity (Wildman–Crippen MR) is 173 cm³/mol. The summed E-state index contributed by atoms with van der Waals surface area (Å²) in [5.74, 6) is 1.84. The maximum atomic E-state index is 12.9. The van der Waals surface area contributed by atoms with Gasteiger partial charge in [-0.2, -0.15) is 0 Å². The number of fused-ring (bicyclic) bond motifs is 1. The molecule has 0 radical (unpaired) electrons. The minimum atomic E-state index is -0.714. The summed E-state index contributed by atoms with van der Waals surface area (Å²) in [6.07, 6.45) is 4.34. The number of carbonyl (C=O) groups excluding carboxylic acids is 2. The number of rotatable bonds is 10. The molecular formula is C34H46N6O6. The molecule has 0 bridgehead atoms. The zero-order valence-electron chi connectivity index (χ0n) is 27.4. The maximum Gasteiger partial charge on any atom is 0.410 e. The summed E-state index contributed by atoms with van der Waals surface area (Å²) >= 11 is 0. The van der Waals surface area contributed by atoms with Gasteiger partial charge in [-0.25, -0.2) is 14.8 Å². The molecule has 46 heavy (non-hydrogen) atoms. The Hall–Kier alpha value is -4.16. The predicted octanol–water partition coefficient (Wildman–Crippen LogP) is 4.31. The van der Waals surface area contributed by atoms with Crippen LogP contribution in [-0.2, 0) is 24.3 Å². The van der Waals surface area contributed by atoms with E-state index in [0.717, 1.165) is 49.6 Å². The van der Waals surface area contributed by atoms with Gasteiger partial charge in [-0.15, -0.1) is 0 Å². The van der Waals surface area contributed by atoms with Crippen molar-refractivity contribution in [3.8, 4) is 5.75 Å². The third kappa shape index (κ3) is 8.97. The van der Waals surface area contributed by atoms with Crippen molar-refractivity contribution >= 4 is 17.8 Å². The fraction of sp³-hybridized carbons (Fsp3) is 0.529. The van der Waals surface area contributed by atoms with Crippen LogP contribution in [0.25, 0.3) is 0 Å². The number of oxazole rings is 1. The summed E-state index contributed by atoms with van der Waals surface area (Å²) in [5, 5.41) is 17.0. The van der Waals surface area contributed by atoms with E-state index in [1.54, 1.807) is 23.2 Å². The third-order valence-corrected chi connectivity index (χ3v) is 8.33. The number of aliphatic hydroxyl groups excluding tert-OH is 1. The van der Waals surface area contributed by atoms with Crippen LogP contribution in [0, 0.1) is 6.92 Å². The van der Waals surface area contributed by atoms with E-state index in [0.29, 0.717) is 31.1 Å². The average molecular weight is 635 g/mol. The molecule has 0 saturated carbocycles. The SMILES string of the molecule is Cc1ncoc1COc1ccc2c(c1)CCN(C[C@@H](O)CNC(=O)c1ccnc(N[C@H]3CCN(C(=O)OC(C)(C)C)[C@H](C)C3)c1)C2. The zero-order valence-corrected chi connectivity index (χ0v) is 27.4. The molecule has 3 atom stereocenters. The van der Waals surface area contributed by atoms with Crippen molar-refractivity contribution < 1.29 is 28.6 Å². The third-order valence-electron chi connectivity index (χ3n) is 8.33. The zero-order chi connectivity index (χ0) is 32.8. The summed E-state index contributed by atoms with van der Waals surface area (Å²) in [4.78, 5) is 37.9. The van der Waals surface area contributed by atoms with Gasteiger partial charge in [-0.3, -0.25) is 9.69 Å². The topological polar surface area (TPSA) is 142 Å². The van der Waals surface area contributed by atoms with Crippen molar-refractivity contribution in [2.24, 2.45) is 0 Å². The molecule has 2 aliphatic heterocycles. The van der Waals surface area contributed by atoms with E-state index >= 15 is 0 Å². The highest BCUT2D eigenvalue weighted by atomic mass is 16.6. The number of aromatic nitrogens is 2. The molecule has 2 aliphatic rings. The minimum absolute atomic E-state index is 0.00844. The first-order valence-corrected chi connectivity index (χ1v) is 16.0. The lowest BCUT2D eigenvalue weighted by atomic mass is 9.98. The van der Waals surface area contributed by atoms with Crippen molar-refractivity contribution in [3.63, 3.8) is 0 Å². The summed E-state index contributed by atoms with van der Waals surface area (Å²) in [7, 11) is 0. The molecule has 3 N–H and O–H groups in total. The van der Waals surface area contributed by atoms with Gasteiger partial charge in [-0.1, -0.05) is 6.07 Å². The van der Waals surface area contributed by atoms with Gasteiger partial charge in [0.05, 0.1) is 11.8 Å². The number of hydrogen-bond acceptors (Lipinski definition) is 10. The van der Waals surface area contributed by atoms with Gasteiger partial charge in [0.1, 0.15) is 23.8 Å². The Morgan fingerprint density at radius 1 is 1.15 bits per heavy atom. The number of nitrogens with one attached hydrogen (secondary N) is 2. The van der Waals surface area contributed by atoms with Crippen LogP contribution < -0.4 is 15.4 Å². The Kier molecular flexibility index (Phi) is 10.5. The molecule has 248 valence electrons. The summed E-state index contributed by atoms with van der Waals surface area (Å²) in [6, 6.07) is 9.59. The largest absolute Gasteiger partial charge is 0.486 e. The fourth-order valence-corrected chi connectivity index (χ4v) is 5.88. The lowest BCUT2D eigenvalue weighted by Gasteiger charge is -2.38. The Balaban J connectivity index is 1.05. The number of β-amino-alcohol motifs (C(OH)–C–C–N with tert-alkyl or cyclic N) is 1. The molecule has 0 aliphatic carbocycles. The van der Waals surface area contributed by atoms with E-state index in [9.17, 15) is 14.7 Å². The second kappa shape index (κ2) is 14.5. The first-order valence-electron chi connectivity index (χ1n) is 16.0. The Morgan fingerprint density at radius 3 is 2.72 bits per heavy atom. The van der Waals surface area contributed by atoms with Gasteiger partial charge >= 0.3 is 6.09 Å². The molecule has 1 saturated heterocycles. The van der Waals surface area contributed by atoms with Gasteiger partial charge in [-0.05, 0) is 89.3 Å². The van der Waals surface area contributed by atoms with E-state index in [-0.39, 0.29) is 30.6 Å². The number of piperidine rings is 1. The van der Waals surface area contributed by atoms with Crippen LogP contribution in [0.15, 0.2) is 47.3 Å². The van der Waals surface area contributed by atoms with Crippen LogP contribution in [0.4, 0.5) is 10.6 Å². The van der Waals surface area contributed by atoms with Crippen molar-refractivity contribution in [1.29, 1.82) is 0 Å². The fourth-order valence-electron chi connectivity index (χ4n) is 5.88. The number of nitrogens with zero attached hydrogens (tertiary/aromatic N) is 4. The molecule has 3 aromatic rings. The quantitative estimate of drug-likeness (QED) is 0.295. The second-order valence-electron chi connectivity index (χ2n) is 13.2. The molecule has 0 spiro atoms. The number of carbonyl (C=O) groups is 2. The Bertz CT molecular complexity index is 1500. The number of ether oxygens (including phenoxy) is 2. The van der Waals surface area contributed by atoms with Gasteiger partial charge < -0.3 is 34.5 Å². The number of pyridine rings is 1. The number of hydrogen-bond donors (Lipinski definition) is 3. The first kappa shape index (κ1) is 33.2. The van der Waals surface area contributed by atoms with Gasteiger partial charge in [0.25, 0.3) is 5.91 Å². The Morgan fingerprint density at radius 2 is 1.98 bits per heavy atom. The summed E-state index contributed by atoms with van der Waals surface area (Å²) in [6.45, 7) is 12.5. The highest BCUT2D eigenvalue weighted by molar-refractivity contribution is 5.94. The van der Waals surface area contributed by atoms with E-state index in [1.165, 1.54) is 17.5 Å². The standard InChI is InChI=1S/C34H46N6O6/c1-22-14-27(10-13-40(22)33(43)46-34(3,4)5)38-31-16-25(8-11-35-31)32(42)36-17-28(41)19-39-12-9-24-15-29(7-6-26(24)18-39)44-20-30-23(2)37-21-45-30/h6-8,11,15-16,21-22,27-28,41H,9-10,12-14,17-20H2,1-5H3,(H,35,38)(H,36,42)/t22-,27+,28+/m1/s1. The molecule has 1 aromatic carbocycles. The number of amides is 2. The van der Waals surface area contributed by atoms with Crippen LogP contribution in [0.3, 0.4) is 0 Å². The molecule has 12 nitrogen and oxygen atoms in total. The van der Waals surface area contributed by atoms with E-state index in [2.05, 4.69) is 37.6 Å². The van der Waals surface area contributed by atoms with Gasteiger partial charge in [0, 0.05) is 56.6 Å². The number of aryl methyl sites for hydroxylation is 1. The number of likely N-dealkylation sites (tertiary alicyclic amines) is 1. The average Bonchev–Trinajstić information content (AvgIpc) is 3.42. The molecular weight excluding hydrogens is 588 g/mol. The van der Waals surface area contributed by atoms with Crippen LogP contribution in [-0.4, -0.2) is 86.8 Å². The molecule has 12 heteroatoms. The molecule has 2 amide bonds. The minimum Gasteiger partial charge on any atom is -0.486 e. The molecule has 1 fully saturated rings. The summed E-state index contributed by atoms with van der Waals surface area (Å²) in [5.41, 5.74) is 3.19. The highest BCUT2D eigenvalue weighted by Crippen LogP contribution is 2.26. The van der Waals surface area contributed by atoms with Crippen molar-refractivity contribution in [2.45, 2.75) is 90.8 Å². The van der Waals surface area contributed by atoms with Crippen LogP contribution in [0.2, 0.25) is 0 Å². The lowest BCUT2D eigenvalue weighted by Crippen LogP contribution is -2.49. The maximum absolute atomic E-state index is 12.9. The van der Waals surface area contributed by atoms with Crippen LogP contribution in [0.5, 0.6) is 5.75 Å². The Labute approximate surface area is 270 Å². The molecule has 0 unspecified atom stereocenters. The number of aliphatic hydroxyl groups is 1. The number of benzene rings is 1. The van der Waals surface area contributed by atoms with E-state index in [4.69, 9.17) is 13.9 Å². The number of anilines is 1. The smallest absolute Gasteiger partial charge is 0.410 e.